The lowest BCUT2D eigenvalue weighted by atomic mass is 9.81. The van der Waals surface area contributed by atoms with Gasteiger partial charge in [-0.15, -0.1) is 0 Å². The molecule has 0 bridgehead atoms. The van der Waals surface area contributed by atoms with Crippen LogP contribution in [0.2, 0.25) is 5.02 Å². The van der Waals surface area contributed by atoms with Crippen LogP contribution in [-0.4, -0.2) is 23.7 Å². The Balaban J connectivity index is 1.97. The topological polar surface area (TPSA) is 67.8 Å². The maximum Gasteiger partial charge on any atom is 0.220 e. The Morgan fingerprint density at radius 3 is 2.57 bits per heavy atom. The summed E-state index contributed by atoms with van der Waals surface area (Å²) in [6.07, 6.45) is 0.943. The summed E-state index contributed by atoms with van der Waals surface area (Å²) in [5.74, 6) is 0.456. The van der Waals surface area contributed by atoms with Gasteiger partial charge in [0.25, 0.3) is 0 Å². The highest BCUT2D eigenvalue weighted by Gasteiger charge is 2.41. The summed E-state index contributed by atoms with van der Waals surface area (Å²) >= 11 is 6.03. The fourth-order valence-electron chi connectivity index (χ4n) is 3.74. The molecule has 2 aromatic rings. The molecule has 1 aliphatic heterocycles. The predicted octanol–water partition coefficient (Wildman–Crippen LogP) is 4.93. The molecule has 28 heavy (non-hydrogen) atoms. The molecule has 150 valence electrons. The molecule has 2 N–H and O–H groups in total. The smallest absolute Gasteiger partial charge is 0.220 e. The van der Waals surface area contributed by atoms with Gasteiger partial charge in [0.1, 0.15) is 0 Å². The third-order valence-corrected chi connectivity index (χ3v) is 5.45. The second-order valence-corrected chi connectivity index (χ2v) is 7.87. The zero-order chi connectivity index (χ0) is 20.3. The number of amides is 1. The molecular weight excluding hydrogens is 378 g/mol. The average Bonchev–Trinajstić information content (AvgIpc) is 2.67. The lowest BCUT2D eigenvalue weighted by Crippen LogP contribution is -2.50. The Morgan fingerprint density at radius 1 is 1.25 bits per heavy atom. The molecule has 5 nitrogen and oxygen atoms in total. The fraction of sp³-hybridized carbons (Fsp3) is 0.409. The van der Waals surface area contributed by atoms with Crippen molar-refractivity contribution in [3.05, 3.63) is 58.6 Å². The number of ether oxygens (including phenoxy) is 2. The first-order valence-corrected chi connectivity index (χ1v) is 9.81. The van der Waals surface area contributed by atoms with E-state index in [9.17, 15) is 9.90 Å². The number of hydrogen-bond donors (Lipinski definition) is 2. The number of benzene rings is 2. The van der Waals surface area contributed by atoms with Crippen molar-refractivity contribution in [2.24, 2.45) is 0 Å². The normalized spacial score (nSPS) is 24.6. The molecule has 2 aromatic carbocycles. The van der Waals surface area contributed by atoms with Gasteiger partial charge in [0, 0.05) is 35.4 Å². The van der Waals surface area contributed by atoms with Gasteiger partial charge in [0.05, 0.1) is 19.3 Å². The van der Waals surface area contributed by atoms with Crippen LogP contribution in [0.1, 0.15) is 56.4 Å². The van der Waals surface area contributed by atoms with Crippen LogP contribution in [0.5, 0.6) is 11.5 Å². The minimum atomic E-state index is -0.476. The van der Waals surface area contributed by atoms with Gasteiger partial charge in [-0.2, -0.15) is 0 Å². The van der Waals surface area contributed by atoms with Crippen LogP contribution in [0.3, 0.4) is 0 Å². The first-order chi connectivity index (χ1) is 13.3. The maximum atomic E-state index is 12.1. The Bertz CT molecular complexity index is 839. The SMILES string of the molecule is CCC(=O)N[C@@]1(C)C[C@@H](c2ccc(Cl)cc2)O[C@@H](c2cccc(OC)c2O)C1. The number of nitrogens with one attached hydrogen (secondary N) is 1. The summed E-state index contributed by atoms with van der Waals surface area (Å²) in [4.78, 5) is 12.1. The van der Waals surface area contributed by atoms with Crippen LogP contribution >= 0.6 is 11.6 Å². The first-order valence-electron chi connectivity index (χ1n) is 9.43. The van der Waals surface area contributed by atoms with Crippen molar-refractivity contribution < 1.29 is 19.4 Å². The van der Waals surface area contributed by atoms with Crippen LogP contribution in [0.4, 0.5) is 0 Å². The Hall–Kier alpha value is -2.24. The molecule has 0 saturated carbocycles. The van der Waals surface area contributed by atoms with Gasteiger partial charge < -0.3 is 19.9 Å². The number of carbonyl (C=O) groups is 1. The summed E-state index contributed by atoms with van der Waals surface area (Å²) in [5, 5.41) is 14.4. The minimum Gasteiger partial charge on any atom is -0.504 e. The number of phenolic OH excluding ortho intramolecular Hbond substituents is 1. The molecule has 1 amide bonds. The zero-order valence-electron chi connectivity index (χ0n) is 16.4. The standard InChI is InChI=1S/C22H26ClNO4/c1-4-20(25)24-22(2)12-18(14-8-10-15(23)11-9-14)28-19(13-22)16-6-5-7-17(27-3)21(16)26/h5-11,18-19,26H,4,12-13H2,1-3H3,(H,24,25)/t18-,19+,22-/m0/s1. The number of rotatable bonds is 5. The molecule has 6 heteroatoms. The Kier molecular flexibility index (Phi) is 6.16. The minimum absolute atomic E-state index is 0.00660. The van der Waals surface area contributed by atoms with E-state index in [4.69, 9.17) is 21.1 Å². The van der Waals surface area contributed by atoms with Gasteiger partial charge in [0.2, 0.25) is 5.91 Å². The van der Waals surface area contributed by atoms with Gasteiger partial charge in [-0.3, -0.25) is 4.79 Å². The van der Waals surface area contributed by atoms with Crippen LogP contribution in [0.25, 0.3) is 0 Å². The number of halogens is 1. The Morgan fingerprint density at radius 2 is 1.93 bits per heavy atom. The van der Waals surface area contributed by atoms with Crippen molar-refractivity contribution in [3.8, 4) is 11.5 Å². The van der Waals surface area contributed by atoms with Gasteiger partial charge in [-0.1, -0.05) is 42.8 Å². The molecule has 0 spiro atoms. The number of carbonyl (C=O) groups excluding carboxylic acids is 1. The van der Waals surface area contributed by atoms with Crippen molar-refractivity contribution in [2.75, 3.05) is 7.11 Å². The number of aromatic hydroxyl groups is 1. The molecule has 1 saturated heterocycles. The molecule has 1 fully saturated rings. The summed E-state index contributed by atoms with van der Waals surface area (Å²) in [5.41, 5.74) is 1.15. The van der Waals surface area contributed by atoms with Crippen LogP contribution in [0.15, 0.2) is 42.5 Å². The molecule has 0 radical (unpaired) electrons. The molecule has 0 aliphatic carbocycles. The van der Waals surface area contributed by atoms with Crippen molar-refractivity contribution in [2.45, 2.75) is 50.9 Å². The summed E-state index contributed by atoms with van der Waals surface area (Å²) in [7, 11) is 1.52. The van der Waals surface area contributed by atoms with Crippen molar-refractivity contribution in [1.29, 1.82) is 0 Å². The number of methoxy groups -OCH3 is 1. The van der Waals surface area contributed by atoms with Gasteiger partial charge in [-0.25, -0.2) is 0 Å². The molecule has 3 atom stereocenters. The van der Waals surface area contributed by atoms with Crippen molar-refractivity contribution in [1.82, 2.24) is 5.32 Å². The number of para-hydroxylation sites is 1. The van der Waals surface area contributed by atoms with E-state index >= 15 is 0 Å². The third kappa shape index (κ3) is 4.42. The lowest BCUT2D eigenvalue weighted by molar-refractivity contribution is -0.128. The highest BCUT2D eigenvalue weighted by atomic mass is 35.5. The second kappa shape index (κ2) is 8.41. The highest BCUT2D eigenvalue weighted by molar-refractivity contribution is 6.30. The molecule has 3 rings (SSSR count). The molecule has 1 aliphatic rings. The van der Waals surface area contributed by atoms with E-state index in [0.717, 1.165) is 5.56 Å². The monoisotopic (exact) mass is 403 g/mol. The van der Waals surface area contributed by atoms with E-state index < -0.39 is 11.6 Å². The summed E-state index contributed by atoms with van der Waals surface area (Å²) < 4.78 is 11.6. The third-order valence-electron chi connectivity index (χ3n) is 5.20. The van der Waals surface area contributed by atoms with Gasteiger partial charge in [-0.05, 0) is 30.7 Å². The Labute approximate surface area is 170 Å². The van der Waals surface area contributed by atoms with E-state index in [1.165, 1.54) is 7.11 Å². The van der Waals surface area contributed by atoms with Gasteiger partial charge >= 0.3 is 0 Å². The fourth-order valence-corrected chi connectivity index (χ4v) is 3.87. The number of hydrogen-bond acceptors (Lipinski definition) is 4. The van der Waals surface area contributed by atoms with Crippen LogP contribution < -0.4 is 10.1 Å². The van der Waals surface area contributed by atoms with E-state index in [0.29, 0.717) is 35.6 Å². The largest absolute Gasteiger partial charge is 0.504 e. The first kappa shape index (κ1) is 20.5. The zero-order valence-corrected chi connectivity index (χ0v) is 17.1. The quantitative estimate of drug-likeness (QED) is 0.742. The molecule has 1 heterocycles. The summed E-state index contributed by atoms with van der Waals surface area (Å²) in [6, 6.07) is 12.9. The maximum absolute atomic E-state index is 12.1. The average molecular weight is 404 g/mol. The van der Waals surface area contributed by atoms with Crippen molar-refractivity contribution >= 4 is 17.5 Å². The van der Waals surface area contributed by atoms with E-state index in [-0.39, 0.29) is 17.8 Å². The van der Waals surface area contributed by atoms with E-state index in [1.54, 1.807) is 6.07 Å². The van der Waals surface area contributed by atoms with E-state index in [1.807, 2.05) is 50.2 Å². The molecular formula is C22H26ClNO4. The van der Waals surface area contributed by atoms with E-state index in [2.05, 4.69) is 5.32 Å². The van der Waals surface area contributed by atoms with Gasteiger partial charge in [0.15, 0.2) is 11.5 Å². The molecule has 0 aromatic heterocycles. The van der Waals surface area contributed by atoms with Crippen LogP contribution in [-0.2, 0) is 9.53 Å². The van der Waals surface area contributed by atoms with Crippen molar-refractivity contribution in [3.63, 3.8) is 0 Å². The number of phenols is 1. The van der Waals surface area contributed by atoms with Crippen LogP contribution in [0, 0.1) is 0 Å². The predicted molar refractivity (Wildman–Crippen MR) is 109 cm³/mol. The second-order valence-electron chi connectivity index (χ2n) is 7.43. The molecule has 0 unspecified atom stereocenters. The lowest BCUT2D eigenvalue weighted by Gasteiger charge is -2.43. The summed E-state index contributed by atoms with van der Waals surface area (Å²) in [6.45, 7) is 3.86. The highest BCUT2D eigenvalue weighted by Crippen LogP contribution is 2.47.